The number of amides is 1. The van der Waals surface area contributed by atoms with Crippen LogP contribution in [0.3, 0.4) is 0 Å². The SMILES string of the molecule is Cc1cc(C)cc(OCC(O)CN2CCCC2C(N)=O)c1. The van der Waals surface area contributed by atoms with Crippen molar-refractivity contribution in [1.29, 1.82) is 0 Å². The minimum absolute atomic E-state index is 0.213. The van der Waals surface area contributed by atoms with E-state index in [1.54, 1.807) is 0 Å². The molecule has 1 heterocycles. The number of aliphatic hydroxyl groups excluding tert-OH is 1. The summed E-state index contributed by atoms with van der Waals surface area (Å²) >= 11 is 0. The first kappa shape index (κ1) is 15.8. The van der Waals surface area contributed by atoms with Crippen molar-refractivity contribution in [1.82, 2.24) is 4.90 Å². The lowest BCUT2D eigenvalue weighted by molar-refractivity contribution is -0.122. The van der Waals surface area contributed by atoms with Crippen molar-refractivity contribution in [2.24, 2.45) is 5.73 Å². The minimum atomic E-state index is -0.634. The van der Waals surface area contributed by atoms with Gasteiger partial charge in [-0.3, -0.25) is 9.69 Å². The number of hydrogen-bond acceptors (Lipinski definition) is 4. The number of nitrogens with two attached hydrogens (primary N) is 1. The van der Waals surface area contributed by atoms with Crippen LogP contribution in [0.25, 0.3) is 0 Å². The molecule has 0 aromatic heterocycles. The number of nitrogens with zero attached hydrogens (tertiary/aromatic N) is 1. The lowest BCUT2D eigenvalue weighted by atomic mass is 10.1. The molecule has 1 amide bonds. The molecule has 0 aliphatic carbocycles. The molecule has 21 heavy (non-hydrogen) atoms. The number of benzene rings is 1. The molecule has 5 heteroatoms. The molecule has 0 radical (unpaired) electrons. The minimum Gasteiger partial charge on any atom is -0.491 e. The molecule has 1 aromatic carbocycles. The number of rotatable bonds is 6. The summed E-state index contributed by atoms with van der Waals surface area (Å²) in [5.41, 5.74) is 7.63. The quantitative estimate of drug-likeness (QED) is 0.820. The lowest BCUT2D eigenvalue weighted by Crippen LogP contribution is -2.44. The number of aliphatic hydroxyl groups is 1. The van der Waals surface area contributed by atoms with Gasteiger partial charge in [0.15, 0.2) is 0 Å². The Morgan fingerprint density at radius 2 is 2.10 bits per heavy atom. The molecule has 1 aliphatic rings. The molecule has 2 atom stereocenters. The number of carbonyl (C=O) groups is 1. The van der Waals surface area contributed by atoms with Crippen LogP contribution in [-0.4, -0.2) is 47.8 Å². The van der Waals surface area contributed by atoms with Gasteiger partial charge in [0, 0.05) is 6.54 Å². The molecule has 2 rings (SSSR count). The topological polar surface area (TPSA) is 75.8 Å². The Morgan fingerprint density at radius 1 is 1.43 bits per heavy atom. The summed E-state index contributed by atoms with van der Waals surface area (Å²) in [6, 6.07) is 5.72. The van der Waals surface area contributed by atoms with E-state index in [1.807, 2.05) is 30.9 Å². The normalized spacial score (nSPS) is 20.4. The van der Waals surface area contributed by atoms with Crippen molar-refractivity contribution >= 4 is 5.91 Å². The van der Waals surface area contributed by atoms with E-state index in [0.717, 1.165) is 36.3 Å². The number of aryl methyl sites for hydroxylation is 2. The number of β-amino-alcohol motifs (C(OH)–C–C–N with tert-alkyl or cyclic N) is 1. The van der Waals surface area contributed by atoms with E-state index in [-0.39, 0.29) is 18.6 Å². The van der Waals surface area contributed by atoms with Crippen molar-refractivity contribution in [2.45, 2.75) is 38.8 Å². The summed E-state index contributed by atoms with van der Waals surface area (Å²) in [6.07, 6.45) is 1.09. The molecule has 1 fully saturated rings. The Morgan fingerprint density at radius 3 is 2.71 bits per heavy atom. The van der Waals surface area contributed by atoms with Gasteiger partial charge >= 0.3 is 0 Å². The van der Waals surface area contributed by atoms with Crippen LogP contribution in [-0.2, 0) is 4.79 Å². The Labute approximate surface area is 125 Å². The van der Waals surface area contributed by atoms with E-state index >= 15 is 0 Å². The van der Waals surface area contributed by atoms with Crippen molar-refractivity contribution < 1.29 is 14.6 Å². The monoisotopic (exact) mass is 292 g/mol. The maximum Gasteiger partial charge on any atom is 0.234 e. The summed E-state index contributed by atoms with van der Waals surface area (Å²) in [5.74, 6) is 0.453. The fourth-order valence-electron chi connectivity index (χ4n) is 2.90. The summed E-state index contributed by atoms with van der Waals surface area (Å²) in [5, 5.41) is 10.1. The van der Waals surface area contributed by atoms with Crippen LogP contribution in [0.1, 0.15) is 24.0 Å². The number of hydrogen-bond donors (Lipinski definition) is 2. The van der Waals surface area contributed by atoms with Crippen LogP contribution in [0.2, 0.25) is 0 Å². The summed E-state index contributed by atoms with van der Waals surface area (Å²) in [6.45, 7) is 5.45. The molecule has 0 bridgehead atoms. The third-order valence-electron chi connectivity index (χ3n) is 3.77. The molecule has 5 nitrogen and oxygen atoms in total. The van der Waals surface area contributed by atoms with Gasteiger partial charge in [-0.1, -0.05) is 6.07 Å². The molecule has 0 spiro atoms. The summed E-state index contributed by atoms with van der Waals surface area (Å²) in [4.78, 5) is 13.3. The third kappa shape index (κ3) is 4.44. The first-order chi connectivity index (χ1) is 9.95. The van der Waals surface area contributed by atoms with Crippen LogP contribution >= 0.6 is 0 Å². The Kier molecular flexibility index (Phi) is 5.20. The van der Waals surface area contributed by atoms with Crippen molar-refractivity contribution in [2.75, 3.05) is 19.7 Å². The van der Waals surface area contributed by atoms with Crippen molar-refractivity contribution in [3.05, 3.63) is 29.3 Å². The molecule has 3 N–H and O–H groups in total. The molecule has 1 saturated heterocycles. The van der Waals surface area contributed by atoms with Gasteiger partial charge in [0.2, 0.25) is 5.91 Å². The summed E-state index contributed by atoms with van der Waals surface area (Å²) in [7, 11) is 0. The predicted octanol–water partition coefficient (Wildman–Crippen LogP) is 0.993. The van der Waals surface area contributed by atoms with Crippen molar-refractivity contribution in [3.63, 3.8) is 0 Å². The van der Waals surface area contributed by atoms with E-state index in [4.69, 9.17) is 10.5 Å². The second-order valence-electron chi connectivity index (χ2n) is 5.84. The van der Waals surface area contributed by atoms with E-state index < -0.39 is 6.10 Å². The highest BCUT2D eigenvalue weighted by molar-refractivity contribution is 5.80. The maximum atomic E-state index is 11.3. The number of carbonyl (C=O) groups excluding carboxylic acids is 1. The predicted molar refractivity (Wildman–Crippen MR) is 81.2 cm³/mol. The first-order valence-corrected chi connectivity index (χ1v) is 7.38. The fraction of sp³-hybridized carbons (Fsp3) is 0.562. The summed E-state index contributed by atoms with van der Waals surface area (Å²) < 4.78 is 5.64. The standard InChI is InChI=1S/C16H24N2O3/c1-11-6-12(2)8-14(7-11)21-10-13(19)9-18-5-3-4-15(18)16(17)20/h6-8,13,15,19H,3-5,9-10H2,1-2H3,(H2,17,20). The van der Waals surface area contributed by atoms with E-state index in [0.29, 0.717) is 6.54 Å². The molecule has 2 unspecified atom stereocenters. The molecule has 1 aliphatic heterocycles. The van der Waals surface area contributed by atoms with E-state index in [9.17, 15) is 9.90 Å². The van der Waals surface area contributed by atoms with Gasteiger partial charge in [-0.2, -0.15) is 0 Å². The van der Waals surface area contributed by atoms with Crippen molar-refractivity contribution in [3.8, 4) is 5.75 Å². The van der Waals surface area contributed by atoms with Gasteiger partial charge in [-0.25, -0.2) is 0 Å². The van der Waals surface area contributed by atoms with Gasteiger partial charge in [0.05, 0.1) is 6.04 Å². The van der Waals surface area contributed by atoms with Gasteiger partial charge < -0.3 is 15.6 Å². The largest absolute Gasteiger partial charge is 0.491 e. The van der Waals surface area contributed by atoms with Crippen LogP contribution in [0.15, 0.2) is 18.2 Å². The van der Waals surface area contributed by atoms with Crippen LogP contribution in [0.4, 0.5) is 0 Å². The number of ether oxygens (including phenoxy) is 1. The highest BCUT2D eigenvalue weighted by Crippen LogP contribution is 2.18. The average molecular weight is 292 g/mol. The second kappa shape index (κ2) is 6.91. The Balaban J connectivity index is 1.84. The van der Waals surface area contributed by atoms with Crippen LogP contribution < -0.4 is 10.5 Å². The van der Waals surface area contributed by atoms with E-state index in [2.05, 4.69) is 6.07 Å². The lowest BCUT2D eigenvalue weighted by Gasteiger charge is -2.24. The molecule has 1 aromatic rings. The zero-order valence-electron chi connectivity index (χ0n) is 12.7. The van der Waals surface area contributed by atoms with Gasteiger partial charge in [-0.15, -0.1) is 0 Å². The Hall–Kier alpha value is -1.59. The van der Waals surface area contributed by atoms with Crippen LogP contribution in [0, 0.1) is 13.8 Å². The highest BCUT2D eigenvalue weighted by atomic mass is 16.5. The maximum absolute atomic E-state index is 11.3. The Bertz CT molecular complexity index is 484. The zero-order valence-corrected chi connectivity index (χ0v) is 12.7. The fourth-order valence-corrected chi connectivity index (χ4v) is 2.90. The zero-order chi connectivity index (χ0) is 15.4. The van der Waals surface area contributed by atoms with Gasteiger partial charge in [0.25, 0.3) is 0 Å². The molecule has 0 saturated carbocycles. The number of likely N-dealkylation sites (tertiary alicyclic amines) is 1. The second-order valence-corrected chi connectivity index (χ2v) is 5.84. The van der Waals surface area contributed by atoms with E-state index in [1.165, 1.54) is 0 Å². The van der Waals surface area contributed by atoms with Gasteiger partial charge in [-0.05, 0) is 56.5 Å². The third-order valence-corrected chi connectivity index (χ3v) is 3.77. The molecular weight excluding hydrogens is 268 g/mol. The number of primary amides is 1. The smallest absolute Gasteiger partial charge is 0.234 e. The first-order valence-electron chi connectivity index (χ1n) is 7.38. The molecule has 116 valence electrons. The highest BCUT2D eigenvalue weighted by Gasteiger charge is 2.30. The average Bonchev–Trinajstić information content (AvgIpc) is 2.83. The van der Waals surface area contributed by atoms with Crippen LogP contribution in [0.5, 0.6) is 5.75 Å². The van der Waals surface area contributed by atoms with Gasteiger partial charge in [0.1, 0.15) is 18.5 Å². The molecular formula is C16H24N2O3.